The van der Waals surface area contributed by atoms with Crippen molar-refractivity contribution in [3.63, 3.8) is 0 Å². The summed E-state index contributed by atoms with van der Waals surface area (Å²) < 4.78 is 10.5. The number of nitrogens with one attached hydrogen (secondary N) is 1. The molecule has 0 spiro atoms. The molecule has 0 atom stereocenters. The first-order valence-electron chi connectivity index (χ1n) is 9.18. The van der Waals surface area contributed by atoms with Crippen molar-refractivity contribution < 1.29 is 23.9 Å². The molecule has 0 saturated carbocycles. The predicted octanol–water partition coefficient (Wildman–Crippen LogP) is 2.95. The van der Waals surface area contributed by atoms with E-state index in [0.29, 0.717) is 30.0 Å². The van der Waals surface area contributed by atoms with E-state index in [1.165, 1.54) is 6.92 Å². The molecule has 0 aliphatic rings. The zero-order valence-corrected chi connectivity index (χ0v) is 17.4. The largest absolute Gasteiger partial charge is 0.493 e. The van der Waals surface area contributed by atoms with E-state index in [9.17, 15) is 9.59 Å². The summed E-state index contributed by atoms with van der Waals surface area (Å²) in [6, 6.07) is 11.1. The molecule has 2 aromatic carbocycles. The summed E-state index contributed by atoms with van der Waals surface area (Å²) in [7, 11) is 3.15. The quantitative estimate of drug-likeness (QED) is 0.420. The molecule has 29 heavy (non-hydrogen) atoms. The predicted molar refractivity (Wildman–Crippen MR) is 110 cm³/mol. The molecular weight excluding hydrogens is 372 g/mol. The van der Waals surface area contributed by atoms with Crippen molar-refractivity contribution in [3.8, 4) is 11.5 Å². The molecule has 7 heteroatoms. The molecule has 0 bridgehead atoms. The van der Waals surface area contributed by atoms with Crippen LogP contribution in [-0.4, -0.2) is 38.4 Å². The molecule has 0 saturated heterocycles. The van der Waals surface area contributed by atoms with E-state index in [2.05, 4.69) is 10.5 Å². The molecule has 0 aliphatic carbocycles. The molecule has 1 N–H and O–H groups in total. The number of nitrogens with zero attached hydrogens (tertiary/aromatic N) is 1. The van der Waals surface area contributed by atoms with Gasteiger partial charge in [-0.2, -0.15) is 0 Å². The Kier molecular flexibility index (Phi) is 7.77. The second-order valence-corrected chi connectivity index (χ2v) is 6.52. The number of aryl methyl sites for hydroxylation is 2. The minimum atomic E-state index is -0.593. The minimum absolute atomic E-state index is 0.0515. The number of rotatable bonds is 8. The maximum Gasteiger partial charge on any atom is 0.332 e. The van der Waals surface area contributed by atoms with Gasteiger partial charge in [0.1, 0.15) is 0 Å². The number of methoxy groups -OCH3 is 2. The highest BCUT2D eigenvalue weighted by atomic mass is 16.7. The fourth-order valence-electron chi connectivity index (χ4n) is 2.66. The number of hydrogen-bond donors (Lipinski definition) is 1. The maximum absolute atomic E-state index is 12.7. The van der Waals surface area contributed by atoms with Crippen LogP contribution in [0.25, 0.3) is 0 Å². The first-order chi connectivity index (χ1) is 13.8. The zero-order valence-electron chi connectivity index (χ0n) is 17.4. The molecule has 0 radical (unpaired) electrons. The number of hydrogen-bond acceptors (Lipinski definition) is 6. The number of carbonyl (C=O) groups excluding carboxylic acids is 2. The van der Waals surface area contributed by atoms with Crippen LogP contribution >= 0.6 is 0 Å². The highest BCUT2D eigenvalue weighted by molar-refractivity contribution is 6.45. The monoisotopic (exact) mass is 398 g/mol. The fraction of sp³-hybridized carbons (Fsp3) is 0.318. The normalized spacial score (nSPS) is 11.0. The topological polar surface area (TPSA) is 86.2 Å². The lowest BCUT2D eigenvalue weighted by molar-refractivity contribution is -0.140. The van der Waals surface area contributed by atoms with Crippen LogP contribution in [0, 0.1) is 13.8 Å². The van der Waals surface area contributed by atoms with Gasteiger partial charge in [0.25, 0.3) is 5.91 Å². The third-order valence-electron chi connectivity index (χ3n) is 4.41. The number of carbonyl (C=O) groups is 2. The van der Waals surface area contributed by atoms with Crippen molar-refractivity contribution >= 4 is 17.6 Å². The van der Waals surface area contributed by atoms with Crippen molar-refractivity contribution in [2.75, 3.05) is 20.8 Å². The molecule has 2 rings (SSSR count). The summed E-state index contributed by atoms with van der Waals surface area (Å²) in [6.45, 7) is 5.52. The molecule has 0 unspecified atom stereocenters. The van der Waals surface area contributed by atoms with Crippen LogP contribution in [0.2, 0.25) is 0 Å². The van der Waals surface area contributed by atoms with Crippen LogP contribution in [-0.2, 0) is 20.8 Å². The third kappa shape index (κ3) is 6.07. The van der Waals surface area contributed by atoms with Gasteiger partial charge in [0.05, 0.1) is 14.2 Å². The van der Waals surface area contributed by atoms with Gasteiger partial charge in [-0.05, 0) is 55.2 Å². The lowest BCUT2D eigenvalue weighted by Crippen LogP contribution is -2.33. The van der Waals surface area contributed by atoms with E-state index in [4.69, 9.17) is 14.3 Å². The molecular formula is C22H26N2O5. The SMILES string of the molecule is COc1ccc(CCNC(=O)/C(=N/OC(C)=O)c2ccc(C)c(C)c2)cc1OC. The minimum Gasteiger partial charge on any atom is -0.493 e. The van der Waals surface area contributed by atoms with Crippen molar-refractivity contribution in [2.45, 2.75) is 27.2 Å². The van der Waals surface area contributed by atoms with Crippen LogP contribution in [0.4, 0.5) is 0 Å². The molecule has 154 valence electrons. The Labute approximate surface area is 170 Å². The summed E-state index contributed by atoms with van der Waals surface area (Å²) in [6.07, 6.45) is 0.583. The Hall–Kier alpha value is -3.35. The Morgan fingerprint density at radius 2 is 1.69 bits per heavy atom. The molecule has 2 aromatic rings. The summed E-state index contributed by atoms with van der Waals surface area (Å²) in [5.41, 5.74) is 3.71. The van der Waals surface area contributed by atoms with E-state index in [1.807, 2.05) is 44.2 Å². The average Bonchev–Trinajstić information content (AvgIpc) is 2.70. The van der Waals surface area contributed by atoms with Gasteiger partial charge in [-0.15, -0.1) is 0 Å². The standard InChI is InChI=1S/C22H26N2O5/c1-14-6-8-18(12-15(14)2)21(24-29-16(3)25)22(26)23-11-10-17-7-9-19(27-4)20(13-17)28-5/h6-9,12-13H,10-11H2,1-5H3,(H,23,26)/b24-21+. The second-order valence-electron chi connectivity index (χ2n) is 6.52. The number of benzene rings is 2. The molecule has 0 aliphatic heterocycles. The number of ether oxygens (including phenoxy) is 2. The lowest BCUT2D eigenvalue weighted by atomic mass is 10.0. The van der Waals surface area contributed by atoms with Crippen LogP contribution in [0.1, 0.15) is 29.2 Å². The smallest absolute Gasteiger partial charge is 0.332 e. The number of amides is 1. The van der Waals surface area contributed by atoms with Gasteiger partial charge in [0, 0.05) is 19.0 Å². The van der Waals surface area contributed by atoms with E-state index in [-0.39, 0.29) is 5.71 Å². The van der Waals surface area contributed by atoms with Gasteiger partial charge in [0.2, 0.25) is 0 Å². The molecule has 0 aromatic heterocycles. The Bertz CT molecular complexity index is 921. The third-order valence-corrected chi connectivity index (χ3v) is 4.41. The summed E-state index contributed by atoms with van der Waals surface area (Å²) in [5, 5.41) is 6.58. The van der Waals surface area contributed by atoms with E-state index >= 15 is 0 Å². The number of oxime groups is 1. The molecule has 1 amide bonds. The Balaban J connectivity index is 2.10. The maximum atomic E-state index is 12.7. The van der Waals surface area contributed by atoms with Gasteiger partial charge < -0.3 is 19.6 Å². The first kappa shape index (κ1) is 21.9. The van der Waals surface area contributed by atoms with Crippen molar-refractivity contribution in [2.24, 2.45) is 5.16 Å². The zero-order chi connectivity index (χ0) is 21.4. The van der Waals surface area contributed by atoms with Gasteiger partial charge in [0.15, 0.2) is 17.2 Å². The van der Waals surface area contributed by atoms with Gasteiger partial charge in [-0.3, -0.25) is 4.79 Å². The van der Waals surface area contributed by atoms with Crippen LogP contribution < -0.4 is 14.8 Å². The van der Waals surface area contributed by atoms with E-state index < -0.39 is 11.9 Å². The van der Waals surface area contributed by atoms with E-state index in [0.717, 1.165) is 16.7 Å². The van der Waals surface area contributed by atoms with Gasteiger partial charge >= 0.3 is 5.97 Å². The lowest BCUT2D eigenvalue weighted by Gasteiger charge is -2.11. The summed E-state index contributed by atoms with van der Waals surface area (Å²) >= 11 is 0. The van der Waals surface area contributed by atoms with Crippen molar-refractivity contribution in [1.29, 1.82) is 0 Å². The molecule has 0 fully saturated rings. The van der Waals surface area contributed by atoms with Gasteiger partial charge in [-0.1, -0.05) is 23.4 Å². The highest BCUT2D eigenvalue weighted by Gasteiger charge is 2.16. The van der Waals surface area contributed by atoms with Gasteiger partial charge in [-0.25, -0.2) is 4.79 Å². The van der Waals surface area contributed by atoms with Crippen LogP contribution in [0.5, 0.6) is 11.5 Å². The van der Waals surface area contributed by atoms with Crippen molar-refractivity contribution in [3.05, 3.63) is 58.7 Å². The fourth-order valence-corrected chi connectivity index (χ4v) is 2.66. The Morgan fingerprint density at radius 1 is 0.966 bits per heavy atom. The van der Waals surface area contributed by atoms with Crippen LogP contribution in [0.3, 0.4) is 0 Å². The Morgan fingerprint density at radius 3 is 2.31 bits per heavy atom. The average molecular weight is 398 g/mol. The molecule has 7 nitrogen and oxygen atoms in total. The first-order valence-corrected chi connectivity index (χ1v) is 9.18. The summed E-state index contributed by atoms with van der Waals surface area (Å²) in [5.74, 6) is 0.258. The van der Waals surface area contributed by atoms with Crippen molar-refractivity contribution in [1.82, 2.24) is 5.32 Å². The summed E-state index contributed by atoms with van der Waals surface area (Å²) in [4.78, 5) is 28.6. The molecule has 0 heterocycles. The van der Waals surface area contributed by atoms with Crippen LogP contribution in [0.15, 0.2) is 41.6 Å². The van der Waals surface area contributed by atoms with E-state index in [1.54, 1.807) is 20.3 Å². The highest BCUT2D eigenvalue weighted by Crippen LogP contribution is 2.27. The second kappa shape index (κ2) is 10.3.